The Labute approximate surface area is 96.4 Å². The molecule has 0 aromatic rings. The summed E-state index contributed by atoms with van der Waals surface area (Å²) in [6, 6.07) is 0.283. The average Bonchev–Trinajstić information content (AvgIpc) is 3.08. The lowest BCUT2D eigenvalue weighted by Gasteiger charge is -2.22. The fraction of sp³-hybridized carbons (Fsp3) is 0.833. The Morgan fingerprint density at radius 3 is 2.12 bits per heavy atom. The van der Waals surface area contributed by atoms with E-state index in [1.807, 2.05) is 20.9 Å². The van der Waals surface area contributed by atoms with Crippen molar-refractivity contribution in [2.75, 3.05) is 13.6 Å². The van der Waals surface area contributed by atoms with Crippen LogP contribution in [0.5, 0.6) is 0 Å². The molecule has 0 radical (unpaired) electrons. The summed E-state index contributed by atoms with van der Waals surface area (Å²) in [5.74, 6) is 0.349. The smallest absolute Gasteiger partial charge is 0.232 e. The summed E-state index contributed by atoms with van der Waals surface area (Å²) in [5, 5.41) is 3.22. The van der Waals surface area contributed by atoms with Crippen LogP contribution in [-0.4, -0.2) is 36.3 Å². The first-order chi connectivity index (χ1) is 7.56. The van der Waals surface area contributed by atoms with E-state index >= 15 is 0 Å². The van der Waals surface area contributed by atoms with Crippen LogP contribution < -0.4 is 5.32 Å². The van der Waals surface area contributed by atoms with Gasteiger partial charge in [0.25, 0.3) is 0 Å². The third-order valence-electron chi connectivity index (χ3n) is 4.00. The van der Waals surface area contributed by atoms with Gasteiger partial charge in [0, 0.05) is 24.4 Å². The minimum absolute atomic E-state index is 0.00148. The Balaban J connectivity index is 2.03. The Hall–Kier alpha value is -0.900. The summed E-state index contributed by atoms with van der Waals surface area (Å²) in [4.78, 5) is 25.2. The second-order valence-electron chi connectivity index (χ2n) is 5.10. The molecule has 1 saturated heterocycles. The highest BCUT2D eigenvalue weighted by Crippen LogP contribution is 2.34. The van der Waals surface area contributed by atoms with Gasteiger partial charge in [0.1, 0.15) is 0 Å². The van der Waals surface area contributed by atoms with Crippen LogP contribution in [0.4, 0.5) is 0 Å². The van der Waals surface area contributed by atoms with Crippen LogP contribution in [0, 0.1) is 17.8 Å². The van der Waals surface area contributed by atoms with E-state index in [0.717, 1.165) is 0 Å². The van der Waals surface area contributed by atoms with Crippen LogP contribution in [0.25, 0.3) is 0 Å². The summed E-state index contributed by atoms with van der Waals surface area (Å²) in [6.07, 6.45) is 2.43. The van der Waals surface area contributed by atoms with Crippen LogP contribution in [0.15, 0.2) is 0 Å². The molecule has 2 rings (SSSR count). The molecular formula is C12H20N2O2. The normalized spacial score (nSPS) is 32.3. The van der Waals surface area contributed by atoms with Gasteiger partial charge in [-0.05, 0) is 25.8 Å². The molecule has 2 aliphatic rings. The number of likely N-dealkylation sites (N-methyl/N-ethyl adjacent to an activating group) is 1. The van der Waals surface area contributed by atoms with Crippen molar-refractivity contribution in [1.29, 1.82) is 0 Å². The largest absolute Gasteiger partial charge is 0.315 e. The molecule has 3 atom stereocenters. The first kappa shape index (κ1) is 11.6. The summed E-state index contributed by atoms with van der Waals surface area (Å²) in [6.45, 7) is 4.24. The Morgan fingerprint density at radius 2 is 1.75 bits per heavy atom. The summed E-state index contributed by atoms with van der Waals surface area (Å²) in [5.41, 5.74) is 0. The maximum Gasteiger partial charge on any atom is 0.232 e. The number of rotatable bonds is 4. The standard InChI is InChI=1S/C12H20N2O2/c1-7-8(2)12(16)14(11(7)15)6-10(13-3)9-4-5-9/h7-10,13H,4-6H2,1-3H3. The van der Waals surface area contributed by atoms with Gasteiger partial charge in [-0.25, -0.2) is 0 Å². The molecule has 1 N–H and O–H groups in total. The lowest BCUT2D eigenvalue weighted by molar-refractivity contribution is -0.140. The van der Waals surface area contributed by atoms with Gasteiger partial charge in [0.2, 0.25) is 11.8 Å². The maximum absolute atomic E-state index is 11.9. The minimum atomic E-state index is -0.149. The number of imide groups is 1. The Kier molecular flexibility index (Phi) is 3.02. The molecule has 0 aromatic heterocycles. The molecule has 2 fully saturated rings. The van der Waals surface area contributed by atoms with Gasteiger partial charge < -0.3 is 5.32 Å². The highest BCUT2D eigenvalue weighted by Gasteiger charge is 2.44. The van der Waals surface area contributed by atoms with E-state index in [0.29, 0.717) is 12.5 Å². The monoisotopic (exact) mass is 224 g/mol. The number of hydrogen-bond donors (Lipinski definition) is 1. The van der Waals surface area contributed by atoms with Crippen molar-refractivity contribution in [1.82, 2.24) is 10.2 Å². The number of nitrogens with one attached hydrogen (secondary N) is 1. The molecule has 0 spiro atoms. The van der Waals surface area contributed by atoms with Crippen LogP contribution in [0.3, 0.4) is 0 Å². The van der Waals surface area contributed by atoms with Crippen LogP contribution in [0.1, 0.15) is 26.7 Å². The SMILES string of the molecule is CNC(CN1C(=O)C(C)C(C)C1=O)C1CC1. The van der Waals surface area contributed by atoms with Gasteiger partial charge in [-0.15, -0.1) is 0 Å². The molecule has 1 saturated carbocycles. The molecule has 4 heteroatoms. The third kappa shape index (κ3) is 1.86. The van der Waals surface area contributed by atoms with E-state index < -0.39 is 0 Å². The van der Waals surface area contributed by atoms with Crippen LogP contribution in [0.2, 0.25) is 0 Å². The summed E-state index contributed by atoms with van der Waals surface area (Å²) < 4.78 is 0. The van der Waals surface area contributed by atoms with Crippen molar-refractivity contribution in [3.63, 3.8) is 0 Å². The predicted octanol–water partition coefficient (Wildman–Crippen LogP) is 0.625. The molecule has 4 nitrogen and oxygen atoms in total. The van der Waals surface area contributed by atoms with Crippen molar-refractivity contribution in [3.8, 4) is 0 Å². The second kappa shape index (κ2) is 4.17. The number of nitrogens with zero attached hydrogens (tertiary/aromatic N) is 1. The zero-order valence-corrected chi connectivity index (χ0v) is 10.2. The molecule has 1 aliphatic heterocycles. The first-order valence-electron chi connectivity index (χ1n) is 6.08. The predicted molar refractivity (Wildman–Crippen MR) is 60.6 cm³/mol. The summed E-state index contributed by atoms with van der Waals surface area (Å²) in [7, 11) is 1.90. The molecule has 3 unspecified atom stereocenters. The highest BCUT2D eigenvalue weighted by atomic mass is 16.2. The number of hydrogen-bond acceptors (Lipinski definition) is 3. The zero-order valence-electron chi connectivity index (χ0n) is 10.2. The lowest BCUT2D eigenvalue weighted by Crippen LogP contribution is -2.44. The number of carbonyl (C=O) groups is 2. The van der Waals surface area contributed by atoms with Gasteiger partial charge in [0.15, 0.2) is 0 Å². The average molecular weight is 224 g/mol. The van der Waals surface area contributed by atoms with Crippen molar-refractivity contribution in [2.24, 2.45) is 17.8 Å². The molecule has 1 aliphatic carbocycles. The fourth-order valence-electron chi connectivity index (χ4n) is 2.38. The lowest BCUT2D eigenvalue weighted by atomic mass is 10.00. The fourth-order valence-corrected chi connectivity index (χ4v) is 2.38. The van der Waals surface area contributed by atoms with Gasteiger partial charge >= 0.3 is 0 Å². The molecule has 0 aromatic carbocycles. The van der Waals surface area contributed by atoms with Gasteiger partial charge in [-0.2, -0.15) is 0 Å². The topological polar surface area (TPSA) is 49.4 Å². The number of amides is 2. The van der Waals surface area contributed by atoms with Crippen molar-refractivity contribution in [3.05, 3.63) is 0 Å². The van der Waals surface area contributed by atoms with Gasteiger partial charge in [-0.3, -0.25) is 14.5 Å². The van der Waals surface area contributed by atoms with E-state index in [1.165, 1.54) is 17.7 Å². The van der Waals surface area contributed by atoms with Crippen LogP contribution in [-0.2, 0) is 9.59 Å². The van der Waals surface area contributed by atoms with E-state index in [4.69, 9.17) is 0 Å². The molecular weight excluding hydrogens is 204 g/mol. The Morgan fingerprint density at radius 1 is 1.25 bits per heavy atom. The van der Waals surface area contributed by atoms with Gasteiger partial charge in [-0.1, -0.05) is 13.8 Å². The zero-order chi connectivity index (χ0) is 11.9. The second-order valence-corrected chi connectivity index (χ2v) is 5.10. The van der Waals surface area contributed by atoms with Gasteiger partial charge in [0.05, 0.1) is 0 Å². The molecule has 0 bridgehead atoms. The highest BCUT2D eigenvalue weighted by molar-refractivity contribution is 6.04. The Bertz CT molecular complexity index is 292. The molecule has 16 heavy (non-hydrogen) atoms. The number of carbonyl (C=O) groups excluding carboxylic acids is 2. The molecule has 90 valence electrons. The quantitative estimate of drug-likeness (QED) is 0.712. The van der Waals surface area contributed by atoms with E-state index in [1.54, 1.807) is 0 Å². The molecule has 2 amide bonds. The van der Waals surface area contributed by atoms with E-state index in [9.17, 15) is 9.59 Å². The van der Waals surface area contributed by atoms with E-state index in [2.05, 4.69) is 5.32 Å². The van der Waals surface area contributed by atoms with Crippen molar-refractivity contribution in [2.45, 2.75) is 32.7 Å². The third-order valence-corrected chi connectivity index (χ3v) is 4.00. The number of likely N-dealkylation sites (tertiary alicyclic amines) is 1. The first-order valence-corrected chi connectivity index (χ1v) is 6.08. The summed E-state index contributed by atoms with van der Waals surface area (Å²) >= 11 is 0. The van der Waals surface area contributed by atoms with Crippen LogP contribution >= 0.6 is 0 Å². The van der Waals surface area contributed by atoms with Crippen molar-refractivity contribution < 1.29 is 9.59 Å². The van der Waals surface area contributed by atoms with Crippen molar-refractivity contribution >= 4 is 11.8 Å². The molecule has 1 heterocycles. The van der Waals surface area contributed by atoms with E-state index in [-0.39, 0.29) is 29.7 Å². The maximum atomic E-state index is 11.9. The minimum Gasteiger partial charge on any atom is -0.315 e.